The van der Waals surface area contributed by atoms with E-state index in [9.17, 15) is 9.59 Å². The molecule has 2 aliphatic heterocycles. The van der Waals surface area contributed by atoms with Gasteiger partial charge in [0.25, 0.3) is 5.91 Å². The van der Waals surface area contributed by atoms with E-state index in [0.29, 0.717) is 19.6 Å². The molecule has 8 nitrogen and oxygen atoms in total. The number of aryl methyl sites for hydroxylation is 2. The van der Waals surface area contributed by atoms with Gasteiger partial charge in [0, 0.05) is 83.1 Å². The predicted octanol–water partition coefficient (Wildman–Crippen LogP) is 3.89. The third kappa shape index (κ3) is 8.25. The number of benzene rings is 2. The molecule has 1 N–H and O–H groups in total. The zero-order valence-electron chi connectivity index (χ0n) is 25.3. The summed E-state index contributed by atoms with van der Waals surface area (Å²) in [6, 6.07) is 12.4. The molecule has 2 aromatic carbocycles. The third-order valence-corrected chi connectivity index (χ3v) is 7.84. The molecule has 0 unspecified atom stereocenters. The molecule has 2 amide bonds. The highest BCUT2D eigenvalue weighted by Gasteiger charge is 2.25. The molecular weight excluding hydrogens is 514 g/mol. The van der Waals surface area contributed by atoms with E-state index in [1.54, 1.807) is 0 Å². The van der Waals surface area contributed by atoms with Gasteiger partial charge in [-0.25, -0.2) is 4.79 Å². The van der Waals surface area contributed by atoms with E-state index in [4.69, 9.17) is 11.2 Å². The Hall–Kier alpha value is -3.54. The minimum absolute atomic E-state index is 0.103. The van der Waals surface area contributed by atoms with Crippen molar-refractivity contribution in [3.05, 3.63) is 64.2 Å². The van der Waals surface area contributed by atoms with Crippen molar-refractivity contribution in [3.8, 4) is 12.3 Å². The van der Waals surface area contributed by atoms with Gasteiger partial charge < -0.3 is 19.9 Å². The first-order chi connectivity index (χ1) is 19.5. The number of nitrogens with one attached hydrogen (secondary N) is 1. The van der Waals surface area contributed by atoms with Crippen LogP contribution in [0, 0.1) is 26.2 Å². The maximum absolute atomic E-state index is 13.6. The lowest BCUT2D eigenvalue weighted by atomic mass is 9.98. The molecule has 0 atom stereocenters. The summed E-state index contributed by atoms with van der Waals surface area (Å²) >= 11 is 0. The van der Waals surface area contributed by atoms with Crippen LogP contribution in [0.5, 0.6) is 0 Å². The lowest BCUT2D eigenvalue weighted by Crippen LogP contribution is -2.50. The smallest absolute Gasteiger partial charge is 0.407 e. The van der Waals surface area contributed by atoms with Gasteiger partial charge in [0.1, 0.15) is 5.60 Å². The Morgan fingerprint density at radius 1 is 0.927 bits per heavy atom. The second kappa shape index (κ2) is 13.4. The minimum Gasteiger partial charge on any atom is -0.444 e. The molecule has 41 heavy (non-hydrogen) atoms. The first kappa shape index (κ1) is 30.4. The van der Waals surface area contributed by atoms with Crippen LogP contribution in [0.25, 0.3) is 0 Å². The summed E-state index contributed by atoms with van der Waals surface area (Å²) in [4.78, 5) is 34.5. The number of amides is 2. The second-order valence-electron chi connectivity index (χ2n) is 12.1. The van der Waals surface area contributed by atoms with E-state index in [1.807, 2.05) is 50.8 Å². The van der Waals surface area contributed by atoms with E-state index in [1.165, 1.54) is 11.1 Å². The minimum atomic E-state index is -0.506. The number of hydrogen-bond donors (Lipinski definition) is 1. The molecule has 8 heteroatoms. The first-order valence-corrected chi connectivity index (χ1v) is 14.7. The average Bonchev–Trinajstić information content (AvgIpc) is 2.94. The Bertz CT molecular complexity index is 1260. The molecule has 2 heterocycles. The van der Waals surface area contributed by atoms with E-state index < -0.39 is 11.7 Å². The maximum Gasteiger partial charge on any atom is 0.407 e. The number of alkyl carbamates (subject to hydrolysis) is 1. The summed E-state index contributed by atoms with van der Waals surface area (Å²) < 4.78 is 5.30. The standard InChI is InChI=1S/C33H45N5O3/c1-7-27-10-8-9-11-30(27)37-18-16-36(17-19-37)24-28-23-29(26(3)22-25(28)2)31(39)38-20-14-35(15-21-38)13-12-34-32(40)41-33(4,5)6/h1,8-11,22-23H,12-21,24H2,2-6H3,(H,34,40). The van der Waals surface area contributed by atoms with E-state index in [0.717, 1.165) is 74.7 Å². The highest BCUT2D eigenvalue weighted by molar-refractivity contribution is 5.96. The molecule has 4 rings (SSSR count). The van der Waals surface area contributed by atoms with Crippen LogP contribution in [0.15, 0.2) is 36.4 Å². The Balaban J connectivity index is 1.29. The number of carbonyl (C=O) groups excluding carboxylic acids is 2. The van der Waals surface area contributed by atoms with E-state index in [-0.39, 0.29) is 5.91 Å². The topological polar surface area (TPSA) is 68.4 Å². The summed E-state index contributed by atoms with van der Waals surface area (Å²) in [5.41, 5.74) is 5.83. The number of carbonyl (C=O) groups is 2. The number of rotatable bonds is 7. The van der Waals surface area contributed by atoms with Gasteiger partial charge in [-0.2, -0.15) is 0 Å². The molecule has 2 saturated heterocycles. The zero-order valence-corrected chi connectivity index (χ0v) is 25.3. The fourth-order valence-corrected chi connectivity index (χ4v) is 5.53. The van der Waals surface area contributed by atoms with Crippen LogP contribution in [-0.4, -0.2) is 97.7 Å². The van der Waals surface area contributed by atoms with Gasteiger partial charge in [-0.1, -0.05) is 24.1 Å². The first-order valence-electron chi connectivity index (χ1n) is 14.7. The Morgan fingerprint density at radius 3 is 2.24 bits per heavy atom. The van der Waals surface area contributed by atoms with Crippen molar-refractivity contribution in [2.24, 2.45) is 0 Å². The van der Waals surface area contributed by atoms with Crippen molar-refractivity contribution in [3.63, 3.8) is 0 Å². The number of hydrogen-bond acceptors (Lipinski definition) is 6. The fourth-order valence-electron chi connectivity index (χ4n) is 5.53. The molecular formula is C33H45N5O3. The normalized spacial score (nSPS) is 16.8. The van der Waals surface area contributed by atoms with Crippen LogP contribution in [-0.2, 0) is 11.3 Å². The zero-order chi connectivity index (χ0) is 29.6. The number of terminal acetylenes is 1. The van der Waals surface area contributed by atoms with Crippen LogP contribution in [0.1, 0.15) is 53.4 Å². The van der Waals surface area contributed by atoms with E-state index in [2.05, 4.69) is 51.1 Å². The molecule has 0 aromatic heterocycles. The lowest BCUT2D eigenvalue weighted by molar-refractivity contribution is 0.0513. The van der Waals surface area contributed by atoms with E-state index >= 15 is 0 Å². The van der Waals surface area contributed by atoms with Gasteiger partial charge >= 0.3 is 6.09 Å². The van der Waals surface area contributed by atoms with Gasteiger partial charge in [-0.15, -0.1) is 6.42 Å². The van der Waals surface area contributed by atoms with Crippen molar-refractivity contribution >= 4 is 17.7 Å². The van der Waals surface area contributed by atoms with Crippen LogP contribution in [0.3, 0.4) is 0 Å². The van der Waals surface area contributed by atoms with Crippen LogP contribution in [0.2, 0.25) is 0 Å². The number of nitrogens with zero attached hydrogens (tertiary/aromatic N) is 4. The SMILES string of the molecule is C#Cc1ccccc1N1CCN(Cc2cc(C(=O)N3CCN(CCNC(=O)OC(C)(C)C)CC3)c(C)cc2C)CC1. The van der Waals surface area contributed by atoms with Crippen LogP contribution in [0.4, 0.5) is 10.5 Å². The molecule has 2 aliphatic rings. The maximum atomic E-state index is 13.6. The lowest BCUT2D eigenvalue weighted by Gasteiger charge is -2.37. The molecule has 0 bridgehead atoms. The van der Waals surface area contributed by atoms with Gasteiger partial charge in [-0.3, -0.25) is 14.6 Å². The quantitative estimate of drug-likeness (QED) is 0.520. The van der Waals surface area contributed by atoms with Crippen molar-refractivity contribution in [2.75, 3.05) is 70.3 Å². The number of para-hydroxylation sites is 1. The second-order valence-corrected chi connectivity index (χ2v) is 12.1. The van der Waals surface area contributed by atoms with Crippen molar-refractivity contribution in [2.45, 2.75) is 46.8 Å². The molecule has 0 aliphatic carbocycles. The number of anilines is 1. The van der Waals surface area contributed by atoms with Gasteiger partial charge in [-0.05, 0) is 69.5 Å². The predicted molar refractivity (Wildman–Crippen MR) is 164 cm³/mol. The molecule has 2 fully saturated rings. The summed E-state index contributed by atoms with van der Waals surface area (Å²) in [6.07, 6.45) is 5.33. The summed E-state index contributed by atoms with van der Waals surface area (Å²) in [5, 5.41) is 2.82. The van der Waals surface area contributed by atoms with Gasteiger partial charge in [0.15, 0.2) is 0 Å². The molecule has 0 spiro atoms. The van der Waals surface area contributed by atoms with Gasteiger partial charge in [0.2, 0.25) is 0 Å². The van der Waals surface area contributed by atoms with Crippen molar-refractivity contribution in [1.29, 1.82) is 0 Å². The Labute approximate surface area is 245 Å². The molecule has 0 radical (unpaired) electrons. The van der Waals surface area contributed by atoms with Crippen LogP contribution >= 0.6 is 0 Å². The Kier molecular flexibility index (Phi) is 9.95. The molecule has 0 saturated carbocycles. The molecule has 2 aromatic rings. The highest BCUT2D eigenvalue weighted by atomic mass is 16.6. The monoisotopic (exact) mass is 559 g/mol. The number of ether oxygens (including phenoxy) is 1. The number of piperazine rings is 2. The molecule has 220 valence electrons. The Morgan fingerprint density at radius 2 is 1.59 bits per heavy atom. The summed E-state index contributed by atoms with van der Waals surface area (Å²) in [6.45, 7) is 18.5. The van der Waals surface area contributed by atoms with Crippen molar-refractivity contribution in [1.82, 2.24) is 20.0 Å². The third-order valence-electron chi connectivity index (χ3n) is 7.84. The largest absolute Gasteiger partial charge is 0.444 e. The summed E-state index contributed by atoms with van der Waals surface area (Å²) in [5.74, 6) is 2.91. The van der Waals surface area contributed by atoms with Crippen molar-refractivity contribution < 1.29 is 14.3 Å². The average molecular weight is 560 g/mol. The fraction of sp³-hybridized carbons (Fsp3) is 0.515. The summed E-state index contributed by atoms with van der Waals surface area (Å²) in [7, 11) is 0. The van der Waals surface area contributed by atoms with Crippen LogP contribution < -0.4 is 10.2 Å². The van der Waals surface area contributed by atoms with Gasteiger partial charge in [0.05, 0.1) is 5.69 Å². The highest BCUT2D eigenvalue weighted by Crippen LogP contribution is 2.24.